The number of nitrogens with zero attached hydrogens (tertiary/aromatic N) is 3. The van der Waals surface area contributed by atoms with Crippen LogP contribution >= 0.6 is 24.0 Å². The standard InChI is InChI=1S/C15H21N5O.HI/c1-12-19-14(21-20-12)9-11-18-15(16-2)17-10-8-13-6-4-3-5-7-13;/h3-7H,8-11H2,1-2H3,(H2,16,17,18);1H. The number of rotatable bonds is 6. The lowest BCUT2D eigenvalue weighted by Gasteiger charge is -2.11. The van der Waals surface area contributed by atoms with Gasteiger partial charge in [-0.3, -0.25) is 4.99 Å². The summed E-state index contributed by atoms with van der Waals surface area (Å²) >= 11 is 0. The lowest BCUT2D eigenvalue weighted by molar-refractivity contribution is 0.374. The van der Waals surface area contributed by atoms with Crippen LogP contribution < -0.4 is 10.6 Å². The molecule has 2 aromatic rings. The Morgan fingerprint density at radius 3 is 2.41 bits per heavy atom. The van der Waals surface area contributed by atoms with E-state index in [2.05, 4.69) is 50.0 Å². The molecule has 22 heavy (non-hydrogen) atoms. The molecule has 0 spiro atoms. The molecule has 0 unspecified atom stereocenters. The fourth-order valence-electron chi connectivity index (χ4n) is 1.92. The van der Waals surface area contributed by atoms with Crippen molar-refractivity contribution in [1.29, 1.82) is 0 Å². The van der Waals surface area contributed by atoms with Crippen LogP contribution in [0.2, 0.25) is 0 Å². The van der Waals surface area contributed by atoms with E-state index in [-0.39, 0.29) is 24.0 Å². The summed E-state index contributed by atoms with van der Waals surface area (Å²) in [5.41, 5.74) is 1.31. The molecule has 0 aliphatic carbocycles. The van der Waals surface area contributed by atoms with E-state index in [1.54, 1.807) is 7.05 Å². The Kier molecular flexibility index (Phi) is 8.49. The minimum absolute atomic E-state index is 0. The van der Waals surface area contributed by atoms with Crippen molar-refractivity contribution in [2.24, 2.45) is 4.99 Å². The molecule has 6 nitrogen and oxygen atoms in total. The summed E-state index contributed by atoms with van der Waals surface area (Å²) in [6.07, 6.45) is 1.64. The first-order valence-corrected chi connectivity index (χ1v) is 7.05. The maximum Gasteiger partial charge on any atom is 0.228 e. The number of aryl methyl sites for hydroxylation is 1. The highest BCUT2D eigenvalue weighted by atomic mass is 127. The quantitative estimate of drug-likeness (QED) is 0.429. The summed E-state index contributed by atoms with van der Waals surface area (Å²) < 4.78 is 5.06. The second kappa shape index (κ2) is 10.1. The van der Waals surface area contributed by atoms with Crippen LogP contribution in [-0.2, 0) is 12.8 Å². The molecule has 7 heteroatoms. The molecule has 0 fully saturated rings. The van der Waals surface area contributed by atoms with Crippen molar-refractivity contribution in [3.8, 4) is 0 Å². The van der Waals surface area contributed by atoms with Crippen LogP contribution in [0.5, 0.6) is 0 Å². The Morgan fingerprint density at radius 1 is 1.14 bits per heavy atom. The van der Waals surface area contributed by atoms with E-state index >= 15 is 0 Å². The normalized spacial score (nSPS) is 10.9. The summed E-state index contributed by atoms with van der Waals surface area (Å²) in [4.78, 5) is 8.34. The van der Waals surface area contributed by atoms with Gasteiger partial charge in [0, 0.05) is 26.6 Å². The van der Waals surface area contributed by atoms with Crippen molar-refractivity contribution in [3.05, 3.63) is 47.6 Å². The van der Waals surface area contributed by atoms with Gasteiger partial charge in [-0.05, 0) is 18.9 Å². The van der Waals surface area contributed by atoms with Gasteiger partial charge in [-0.15, -0.1) is 24.0 Å². The highest BCUT2D eigenvalue weighted by Crippen LogP contribution is 1.98. The monoisotopic (exact) mass is 415 g/mol. The van der Waals surface area contributed by atoms with Crippen molar-refractivity contribution >= 4 is 29.9 Å². The van der Waals surface area contributed by atoms with Crippen LogP contribution in [-0.4, -0.2) is 36.2 Å². The van der Waals surface area contributed by atoms with Crippen molar-refractivity contribution in [1.82, 2.24) is 20.8 Å². The molecule has 0 aliphatic heterocycles. The van der Waals surface area contributed by atoms with Crippen LogP contribution in [0.25, 0.3) is 0 Å². The molecule has 0 saturated carbocycles. The third-order valence-corrected chi connectivity index (χ3v) is 2.97. The molecular formula is C15H22IN5O. The molecule has 0 atom stereocenters. The first kappa shape index (κ1) is 18.4. The number of halogens is 1. The lowest BCUT2D eigenvalue weighted by atomic mass is 10.1. The average molecular weight is 415 g/mol. The molecule has 1 aromatic heterocycles. The summed E-state index contributed by atoms with van der Waals surface area (Å²) in [5.74, 6) is 2.08. The zero-order valence-corrected chi connectivity index (χ0v) is 15.2. The third-order valence-electron chi connectivity index (χ3n) is 2.97. The van der Waals surface area contributed by atoms with Crippen LogP contribution in [0.15, 0.2) is 39.8 Å². The van der Waals surface area contributed by atoms with E-state index < -0.39 is 0 Å². The Hall–Kier alpha value is -1.64. The number of hydrogen-bond acceptors (Lipinski definition) is 4. The van der Waals surface area contributed by atoms with Gasteiger partial charge in [0.1, 0.15) is 0 Å². The summed E-state index contributed by atoms with van der Waals surface area (Å²) in [7, 11) is 1.76. The van der Waals surface area contributed by atoms with Gasteiger partial charge in [-0.1, -0.05) is 35.5 Å². The predicted octanol–water partition coefficient (Wildman–Crippen LogP) is 1.95. The van der Waals surface area contributed by atoms with Crippen LogP contribution in [0.1, 0.15) is 17.3 Å². The van der Waals surface area contributed by atoms with Crippen molar-refractivity contribution in [2.45, 2.75) is 19.8 Å². The van der Waals surface area contributed by atoms with Gasteiger partial charge in [0.25, 0.3) is 0 Å². The summed E-state index contributed by atoms with van der Waals surface area (Å²) in [6.45, 7) is 3.35. The summed E-state index contributed by atoms with van der Waals surface area (Å²) in [6, 6.07) is 10.4. The second-order valence-electron chi connectivity index (χ2n) is 4.65. The van der Waals surface area contributed by atoms with Gasteiger partial charge < -0.3 is 15.2 Å². The molecule has 120 valence electrons. The smallest absolute Gasteiger partial charge is 0.228 e. The van der Waals surface area contributed by atoms with Gasteiger partial charge in [-0.25, -0.2) is 0 Å². The van der Waals surface area contributed by atoms with E-state index in [9.17, 15) is 0 Å². The Labute approximate surface area is 147 Å². The SMILES string of the molecule is CN=C(NCCc1ccccc1)NCCc1nc(C)no1.I. The average Bonchev–Trinajstić information content (AvgIpc) is 2.92. The van der Waals surface area contributed by atoms with Crippen molar-refractivity contribution in [3.63, 3.8) is 0 Å². The molecular weight excluding hydrogens is 393 g/mol. The van der Waals surface area contributed by atoms with Crippen molar-refractivity contribution < 1.29 is 4.52 Å². The van der Waals surface area contributed by atoms with Gasteiger partial charge in [0.05, 0.1) is 0 Å². The van der Waals surface area contributed by atoms with E-state index in [4.69, 9.17) is 4.52 Å². The Balaban J connectivity index is 0.00000242. The zero-order chi connectivity index (χ0) is 14.9. The topological polar surface area (TPSA) is 75.3 Å². The van der Waals surface area contributed by atoms with Gasteiger partial charge in [0.15, 0.2) is 11.8 Å². The largest absolute Gasteiger partial charge is 0.356 e. The zero-order valence-electron chi connectivity index (χ0n) is 12.9. The Bertz CT molecular complexity index is 570. The van der Waals surface area contributed by atoms with E-state index in [1.807, 2.05) is 13.0 Å². The number of nitrogens with one attached hydrogen (secondary N) is 2. The van der Waals surface area contributed by atoms with E-state index in [0.29, 0.717) is 24.7 Å². The van der Waals surface area contributed by atoms with Crippen LogP contribution in [0.3, 0.4) is 0 Å². The highest BCUT2D eigenvalue weighted by molar-refractivity contribution is 14.0. The van der Waals surface area contributed by atoms with Crippen LogP contribution in [0.4, 0.5) is 0 Å². The molecule has 0 radical (unpaired) electrons. The number of guanidine groups is 1. The van der Waals surface area contributed by atoms with Crippen LogP contribution in [0, 0.1) is 6.92 Å². The van der Waals surface area contributed by atoms with E-state index in [0.717, 1.165) is 18.9 Å². The second-order valence-corrected chi connectivity index (χ2v) is 4.65. The number of aromatic nitrogens is 2. The van der Waals surface area contributed by atoms with Gasteiger partial charge in [0.2, 0.25) is 5.89 Å². The van der Waals surface area contributed by atoms with Gasteiger partial charge in [-0.2, -0.15) is 4.98 Å². The molecule has 2 rings (SSSR count). The summed E-state index contributed by atoms with van der Waals surface area (Å²) in [5, 5.41) is 10.3. The molecule has 0 aliphatic rings. The third kappa shape index (κ3) is 6.42. The number of aliphatic imine (C=N–C) groups is 1. The molecule has 2 N–H and O–H groups in total. The Morgan fingerprint density at radius 2 is 1.82 bits per heavy atom. The molecule has 0 saturated heterocycles. The minimum atomic E-state index is 0. The molecule has 1 heterocycles. The van der Waals surface area contributed by atoms with E-state index in [1.165, 1.54) is 5.56 Å². The first-order valence-electron chi connectivity index (χ1n) is 7.05. The number of hydrogen-bond donors (Lipinski definition) is 2. The first-order chi connectivity index (χ1) is 10.3. The lowest BCUT2D eigenvalue weighted by Crippen LogP contribution is -2.39. The predicted molar refractivity (Wildman–Crippen MR) is 97.7 cm³/mol. The molecule has 1 aromatic carbocycles. The fraction of sp³-hybridized carbons (Fsp3) is 0.400. The van der Waals surface area contributed by atoms with Gasteiger partial charge >= 0.3 is 0 Å². The van der Waals surface area contributed by atoms with Crippen molar-refractivity contribution in [2.75, 3.05) is 20.1 Å². The molecule has 0 bridgehead atoms. The molecule has 0 amide bonds. The highest BCUT2D eigenvalue weighted by Gasteiger charge is 2.03. The fourth-order valence-corrected chi connectivity index (χ4v) is 1.92. The number of benzene rings is 1. The maximum atomic E-state index is 5.06. The maximum absolute atomic E-state index is 5.06. The minimum Gasteiger partial charge on any atom is -0.356 e.